The van der Waals surface area contributed by atoms with Crippen molar-refractivity contribution in [3.05, 3.63) is 28.4 Å². The smallest absolute Gasteiger partial charge is 0.287 e. The highest BCUT2D eigenvalue weighted by atomic mass is 16.6. The highest BCUT2D eigenvalue weighted by Crippen LogP contribution is 2.18. The van der Waals surface area contributed by atoms with E-state index in [9.17, 15) is 10.1 Å². The van der Waals surface area contributed by atoms with Crippen LogP contribution in [0, 0.1) is 10.1 Å². The average molecular weight is 236 g/mol. The van der Waals surface area contributed by atoms with Crippen molar-refractivity contribution in [1.29, 1.82) is 0 Å². The van der Waals surface area contributed by atoms with Crippen molar-refractivity contribution in [2.75, 3.05) is 18.4 Å². The molecule has 0 unspecified atom stereocenters. The molecule has 6 nitrogen and oxygen atoms in total. The van der Waals surface area contributed by atoms with Gasteiger partial charge in [-0.05, 0) is 31.9 Å². The summed E-state index contributed by atoms with van der Waals surface area (Å²) in [6.45, 7) is 1.83. The predicted octanol–water partition coefficient (Wildman–Crippen LogP) is 1.54. The minimum Gasteiger partial charge on any atom is -0.370 e. The van der Waals surface area contributed by atoms with Crippen LogP contribution < -0.4 is 10.6 Å². The highest BCUT2D eigenvalue weighted by Gasteiger charge is 2.19. The molecule has 0 atom stereocenters. The van der Waals surface area contributed by atoms with E-state index in [4.69, 9.17) is 0 Å². The molecule has 1 aliphatic carbocycles. The maximum atomic E-state index is 10.4. The fourth-order valence-corrected chi connectivity index (χ4v) is 1.50. The van der Waals surface area contributed by atoms with Gasteiger partial charge in [0.25, 0.3) is 5.69 Å². The van der Waals surface area contributed by atoms with Gasteiger partial charge in [0.05, 0.1) is 4.92 Å². The third-order valence-corrected chi connectivity index (χ3v) is 2.63. The van der Waals surface area contributed by atoms with E-state index in [0.29, 0.717) is 5.82 Å². The number of hydrogen-bond acceptors (Lipinski definition) is 5. The van der Waals surface area contributed by atoms with E-state index in [0.717, 1.165) is 25.6 Å². The number of anilines is 1. The SMILES string of the molecule is O=[N+]([O-])c1ccc(NCCCNC2CC2)nc1. The first-order valence-electron chi connectivity index (χ1n) is 5.83. The molecule has 0 spiro atoms. The maximum Gasteiger partial charge on any atom is 0.287 e. The normalized spacial score (nSPS) is 14.6. The standard InChI is InChI=1S/C11H16N4O2/c16-15(17)10-4-5-11(14-8-10)13-7-1-6-12-9-2-3-9/h4-5,8-9,12H,1-3,6-7H2,(H,13,14). The first-order valence-corrected chi connectivity index (χ1v) is 5.83. The summed E-state index contributed by atoms with van der Waals surface area (Å²) >= 11 is 0. The van der Waals surface area contributed by atoms with Crippen molar-refractivity contribution in [2.24, 2.45) is 0 Å². The van der Waals surface area contributed by atoms with Crippen LogP contribution in [0.3, 0.4) is 0 Å². The average Bonchev–Trinajstić information content (AvgIpc) is 3.13. The van der Waals surface area contributed by atoms with Gasteiger partial charge in [-0.1, -0.05) is 0 Å². The zero-order chi connectivity index (χ0) is 12.1. The largest absolute Gasteiger partial charge is 0.370 e. The lowest BCUT2D eigenvalue weighted by molar-refractivity contribution is -0.385. The highest BCUT2D eigenvalue weighted by molar-refractivity contribution is 5.39. The molecule has 1 heterocycles. The Morgan fingerprint density at radius 3 is 2.82 bits per heavy atom. The van der Waals surface area contributed by atoms with Gasteiger partial charge in [-0.2, -0.15) is 0 Å². The van der Waals surface area contributed by atoms with E-state index >= 15 is 0 Å². The molecule has 0 aliphatic heterocycles. The molecule has 1 aliphatic rings. The van der Waals surface area contributed by atoms with Gasteiger partial charge in [0.15, 0.2) is 0 Å². The van der Waals surface area contributed by atoms with E-state index in [2.05, 4.69) is 15.6 Å². The molecule has 0 radical (unpaired) electrons. The second-order valence-electron chi connectivity index (χ2n) is 4.17. The van der Waals surface area contributed by atoms with Gasteiger partial charge in [-0.3, -0.25) is 10.1 Å². The molecule has 0 bridgehead atoms. The molecule has 17 heavy (non-hydrogen) atoms. The van der Waals surface area contributed by atoms with Gasteiger partial charge >= 0.3 is 0 Å². The quantitative estimate of drug-likeness (QED) is 0.426. The molecule has 0 aromatic carbocycles. The van der Waals surface area contributed by atoms with Crippen molar-refractivity contribution < 1.29 is 4.92 Å². The summed E-state index contributed by atoms with van der Waals surface area (Å²) in [5.41, 5.74) is 0.0194. The topological polar surface area (TPSA) is 80.1 Å². The predicted molar refractivity (Wildman–Crippen MR) is 65.0 cm³/mol. The number of nitrogens with one attached hydrogen (secondary N) is 2. The molecule has 0 amide bonds. The summed E-state index contributed by atoms with van der Waals surface area (Å²) < 4.78 is 0. The van der Waals surface area contributed by atoms with Gasteiger partial charge in [0.1, 0.15) is 12.0 Å². The number of nitro groups is 1. The third-order valence-electron chi connectivity index (χ3n) is 2.63. The van der Waals surface area contributed by atoms with Crippen LogP contribution >= 0.6 is 0 Å². The first-order chi connectivity index (χ1) is 8.25. The van der Waals surface area contributed by atoms with Crippen LogP contribution in [0.2, 0.25) is 0 Å². The maximum absolute atomic E-state index is 10.4. The van der Waals surface area contributed by atoms with Gasteiger partial charge in [-0.15, -0.1) is 0 Å². The summed E-state index contributed by atoms with van der Waals surface area (Å²) in [6.07, 6.45) is 4.90. The molecular weight excluding hydrogens is 220 g/mol. The van der Waals surface area contributed by atoms with E-state index in [-0.39, 0.29) is 5.69 Å². The Morgan fingerprint density at radius 2 is 2.24 bits per heavy atom. The summed E-state index contributed by atoms with van der Waals surface area (Å²) in [7, 11) is 0. The number of nitrogens with zero attached hydrogens (tertiary/aromatic N) is 2. The van der Waals surface area contributed by atoms with Crippen molar-refractivity contribution in [2.45, 2.75) is 25.3 Å². The molecule has 92 valence electrons. The van der Waals surface area contributed by atoms with E-state index in [1.807, 2.05) is 0 Å². The Labute approximate surface area is 99.6 Å². The minimum absolute atomic E-state index is 0.0194. The zero-order valence-corrected chi connectivity index (χ0v) is 9.56. The van der Waals surface area contributed by atoms with Crippen molar-refractivity contribution >= 4 is 11.5 Å². The van der Waals surface area contributed by atoms with Crippen molar-refractivity contribution in [1.82, 2.24) is 10.3 Å². The Kier molecular flexibility index (Phi) is 3.87. The fourth-order valence-electron chi connectivity index (χ4n) is 1.50. The van der Waals surface area contributed by atoms with Gasteiger partial charge in [-0.25, -0.2) is 4.98 Å². The van der Waals surface area contributed by atoms with E-state index in [1.54, 1.807) is 6.07 Å². The van der Waals surface area contributed by atoms with Crippen LogP contribution in [-0.4, -0.2) is 29.0 Å². The van der Waals surface area contributed by atoms with E-state index < -0.39 is 4.92 Å². The number of aromatic nitrogens is 1. The van der Waals surface area contributed by atoms with Crippen LogP contribution in [-0.2, 0) is 0 Å². The minimum atomic E-state index is -0.448. The zero-order valence-electron chi connectivity index (χ0n) is 9.56. The van der Waals surface area contributed by atoms with Crippen LogP contribution in [0.1, 0.15) is 19.3 Å². The monoisotopic (exact) mass is 236 g/mol. The van der Waals surface area contributed by atoms with Gasteiger partial charge in [0, 0.05) is 18.7 Å². The molecule has 0 saturated heterocycles. The molecule has 6 heteroatoms. The Hall–Kier alpha value is -1.69. The molecule has 1 aromatic heterocycles. The second-order valence-corrected chi connectivity index (χ2v) is 4.17. The number of rotatable bonds is 7. The molecule has 1 saturated carbocycles. The summed E-state index contributed by atoms with van der Waals surface area (Å²) in [5.74, 6) is 0.682. The van der Waals surface area contributed by atoms with E-state index in [1.165, 1.54) is 25.1 Å². The van der Waals surface area contributed by atoms with Crippen LogP contribution in [0.15, 0.2) is 18.3 Å². The lowest BCUT2D eigenvalue weighted by Gasteiger charge is -2.05. The van der Waals surface area contributed by atoms with Gasteiger partial charge < -0.3 is 10.6 Å². The summed E-state index contributed by atoms with van der Waals surface area (Å²) in [6, 6.07) is 3.83. The van der Waals surface area contributed by atoms with Crippen LogP contribution in [0.4, 0.5) is 11.5 Å². The Balaban J connectivity index is 1.65. The van der Waals surface area contributed by atoms with Crippen LogP contribution in [0.5, 0.6) is 0 Å². The molecule has 1 fully saturated rings. The Morgan fingerprint density at radius 1 is 1.41 bits per heavy atom. The first kappa shape index (κ1) is 11.8. The molecule has 2 rings (SSSR count). The van der Waals surface area contributed by atoms with Crippen molar-refractivity contribution in [3.63, 3.8) is 0 Å². The van der Waals surface area contributed by atoms with Gasteiger partial charge in [0.2, 0.25) is 0 Å². The lowest BCUT2D eigenvalue weighted by Crippen LogP contribution is -2.20. The second kappa shape index (κ2) is 5.58. The molecule has 1 aromatic rings. The van der Waals surface area contributed by atoms with Crippen LogP contribution in [0.25, 0.3) is 0 Å². The lowest BCUT2D eigenvalue weighted by atomic mass is 10.4. The van der Waals surface area contributed by atoms with Crippen molar-refractivity contribution in [3.8, 4) is 0 Å². The molecular formula is C11H16N4O2. The number of pyridine rings is 1. The summed E-state index contributed by atoms with van der Waals surface area (Å²) in [4.78, 5) is 13.9. The Bertz CT molecular complexity index is 376. The summed E-state index contributed by atoms with van der Waals surface area (Å²) in [5, 5.41) is 17.0. The number of hydrogen-bond donors (Lipinski definition) is 2. The fraction of sp³-hybridized carbons (Fsp3) is 0.545. The molecule has 2 N–H and O–H groups in total. The third kappa shape index (κ3) is 3.99.